The third-order valence-corrected chi connectivity index (χ3v) is 2.70. The van der Waals surface area contributed by atoms with Crippen molar-refractivity contribution in [2.75, 3.05) is 7.11 Å². The first-order valence-corrected chi connectivity index (χ1v) is 5.94. The first-order valence-electron chi connectivity index (χ1n) is 5.94. The molecule has 0 N–H and O–H groups in total. The number of rotatable bonds is 3. The summed E-state index contributed by atoms with van der Waals surface area (Å²) in [6.07, 6.45) is 4.31. The van der Waals surface area contributed by atoms with Crippen LogP contribution in [0.4, 0.5) is 0 Å². The van der Waals surface area contributed by atoms with Crippen LogP contribution in [0.3, 0.4) is 0 Å². The molecule has 0 amide bonds. The zero-order chi connectivity index (χ0) is 14.5. The van der Waals surface area contributed by atoms with Crippen LogP contribution in [0.25, 0.3) is 0 Å². The predicted molar refractivity (Wildman–Crippen MR) is 73.7 cm³/mol. The van der Waals surface area contributed by atoms with E-state index in [4.69, 9.17) is 9.57 Å². The van der Waals surface area contributed by atoms with Gasteiger partial charge in [-0.2, -0.15) is 0 Å². The van der Waals surface area contributed by atoms with Crippen LogP contribution in [-0.4, -0.2) is 24.6 Å². The van der Waals surface area contributed by atoms with Gasteiger partial charge in [0.2, 0.25) is 0 Å². The maximum Gasteiger partial charge on any atom is 0.365 e. The van der Waals surface area contributed by atoms with Crippen LogP contribution in [0.2, 0.25) is 0 Å². The number of carbonyl (C=O) groups excluding carboxylic acids is 2. The Labute approximate surface area is 116 Å². The maximum atomic E-state index is 11.8. The molecule has 0 unspecified atom stereocenters. The van der Waals surface area contributed by atoms with Gasteiger partial charge in [0.05, 0.1) is 12.7 Å². The molecule has 1 aromatic carbocycles. The molecule has 5 nitrogen and oxygen atoms in total. The molecule has 0 bridgehead atoms. The Bertz CT molecular complexity index is 641. The zero-order valence-electron chi connectivity index (χ0n) is 11.1. The third-order valence-electron chi connectivity index (χ3n) is 2.70. The fourth-order valence-electron chi connectivity index (χ4n) is 1.62. The van der Waals surface area contributed by atoms with Crippen molar-refractivity contribution < 1.29 is 19.2 Å². The van der Waals surface area contributed by atoms with E-state index >= 15 is 0 Å². The second kappa shape index (κ2) is 5.97. The van der Waals surface area contributed by atoms with Crippen LogP contribution in [-0.2, 0) is 9.63 Å². The molecule has 0 heterocycles. The number of allylic oxidation sites excluding steroid dienone is 4. The lowest BCUT2D eigenvalue weighted by atomic mass is 10.1. The van der Waals surface area contributed by atoms with Crippen LogP contribution in [0, 0.1) is 0 Å². The van der Waals surface area contributed by atoms with Gasteiger partial charge in [-0.3, -0.25) is 4.79 Å². The van der Waals surface area contributed by atoms with Gasteiger partial charge in [0.1, 0.15) is 11.5 Å². The SMILES string of the molecule is COc1cccc(C(=O)ON=C2C=CC(=O)C=C2C)c1. The number of ketones is 1. The molecule has 1 aliphatic rings. The summed E-state index contributed by atoms with van der Waals surface area (Å²) in [5.74, 6) is -0.138. The highest BCUT2D eigenvalue weighted by atomic mass is 16.7. The van der Waals surface area contributed by atoms with Gasteiger partial charge in [0.25, 0.3) is 0 Å². The molecule has 0 saturated carbocycles. The molecule has 0 atom stereocenters. The number of ether oxygens (including phenoxy) is 1. The lowest BCUT2D eigenvalue weighted by Gasteiger charge is -2.05. The molecule has 5 heteroatoms. The number of nitrogens with zero attached hydrogens (tertiary/aromatic N) is 1. The largest absolute Gasteiger partial charge is 0.497 e. The number of hydrogen-bond acceptors (Lipinski definition) is 5. The van der Waals surface area contributed by atoms with Crippen molar-refractivity contribution in [3.63, 3.8) is 0 Å². The van der Waals surface area contributed by atoms with Gasteiger partial charge in [-0.25, -0.2) is 4.79 Å². The highest BCUT2D eigenvalue weighted by Crippen LogP contribution is 2.14. The molecule has 0 aliphatic heterocycles. The Morgan fingerprint density at radius 3 is 2.75 bits per heavy atom. The molecule has 0 aromatic heterocycles. The van der Waals surface area contributed by atoms with E-state index in [1.165, 1.54) is 25.3 Å². The molecule has 1 aliphatic carbocycles. The molecular formula is C15H13NO4. The van der Waals surface area contributed by atoms with E-state index in [9.17, 15) is 9.59 Å². The summed E-state index contributed by atoms with van der Waals surface area (Å²) in [6, 6.07) is 6.58. The summed E-state index contributed by atoms with van der Waals surface area (Å²) in [7, 11) is 1.52. The molecular weight excluding hydrogens is 258 g/mol. The van der Waals surface area contributed by atoms with E-state index in [2.05, 4.69) is 5.16 Å². The number of oxime groups is 1. The van der Waals surface area contributed by atoms with E-state index in [0.29, 0.717) is 22.6 Å². The van der Waals surface area contributed by atoms with Gasteiger partial charge < -0.3 is 9.57 Å². The summed E-state index contributed by atoms with van der Waals surface area (Å²) in [4.78, 5) is 27.8. The fraction of sp³-hybridized carbons (Fsp3) is 0.133. The summed E-state index contributed by atoms with van der Waals surface area (Å²) < 4.78 is 5.03. The first kappa shape index (κ1) is 13.7. The van der Waals surface area contributed by atoms with Crippen molar-refractivity contribution in [2.24, 2.45) is 5.16 Å². The normalized spacial score (nSPS) is 16.0. The van der Waals surface area contributed by atoms with Crippen molar-refractivity contribution >= 4 is 17.5 Å². The first-order chi connectivity index (χ1) is 9.60. The highest BCUT2D eigenvalue weighted by Gasteiger charge is 2.11. The summed E-state index contributed by atoms with van der Waals surface area (Å²) in [6.45, 7) is 1.72. The van der Waals surface area contributed by atoms with Gasteiger partial charge >= 0.3 is 5.97 Å². The standard InChI is InChI=1S/C15H13NO4/c1-10-8-12(17)6-7-14(10)16-20-15(18)11-4-3-5-13(9-11)19-2/h3-9H,1-2H3. The van der Waals surface area contributed by atoms with Crippen LogP contribution < -0.4 is 4.74 Å². The summed E-state index contributed by atoms with van der Waals surface area (Å²) in [5, 5.41) is 3.75. The molecule has 0 spiro atoms. The summed E-state index contributed by atoms with van der Waals surface area (Å²) in [5.41, 5.74) is 1.43. The van der Waals surface area contributed by atoms with Gasteiger partial charge in [0, 0.05) is 0 Å². The third kappa shape index (κ3) is 3.20. The van der Waals surface area contributed by atoms with Gasteiger partial charge in [-0.05, 0) is 48.9 Å². The van der Waals surface area contributed by atoms with E-state index in [0.717, 1.165) is 0 Å². The zero-order valence-corrected chi connectivity index (χ0v) is 11.1. The Hall–Kier alpha value is -2.69. The summed E-state index contributed by atoms with van der Waals surface area (Å²) >= 11 is 0. The van der Waals surface area contributed by atoms with Crippen molar-refractivity contribution in [1.29, 1.82) is 0 Å². The van der Waals surface area contributed by atoms with Gasteiger partial charge in [-0.1, -0.05) is 11.2 Å². The van der Waals surface area contributed by atoms with E-state index in [1.807, 2.05) is 0 Å². The van der Waals surface area contributed by atoms with Crippen LogP contribution in [0.15, 0.2) is 53.2 Å². The van der Waals surface area contributed by atoms with Gasteiger partial charge in [-0.15, -0.1) is 0 Å². The van der Waals surface area contributed by atoms with E-state index in [-0.39, 0.29) is 5.78 Å². The Balaban J connectivity index is 2.10. The van der Waals surface area contributed by atoms with E-state index < -0.39 is 5.97 Å². The second-order valence-corrected chi connectivity index (χ2v) is 4.15. The Morgan fingerprint density at radius 2 is 2.05 bits per heavy atom. The van der Waals surface area contributed by atoms with Crippen LogP contribution in [0.1, 0.15) is 17.3 Å². The average Bonchev–Trinajstić information content (AvgIpc) is 2.46. The molecule has 102 valence electrons. The fourth-order valence-corrected chi connectivity index (χ4v) is 1.62. The molecule has 20 heavy (non-hydrogen) atoms. The number of hydrogen-bond donors (Lipinski definition) is 0. The smallest absolute Gasteiger partial charge is 0.365 e. The minimum Gasteiger partial charge on any atom is -0.497 e. The van der Waals surface area contributed by atoms with Crippen LogP contribution >= 0.6 is 0 Å². The monoisotopic (exact) mass is 271 g/mol. The molecule has 1 aromatic rings. The average molecular weight is 271 g/mol. The predicted octanol–water partition coefficient (Wildman–Crippen LogP) is 2.29. The molecule has 0 fully saturated rings. The number of carbonyl (C=O) groups is 2. The minimum absolute atomic E-state index is 0.111. The lowest BCUT2D eigenvalue weighted by molar-refractivity contribution is -0.110. The van der Waals surface area contributed by atoms with Crippen molar-refractivity contribution in [3.05, 3.63) is 53.6 Å². The second-order valence-electron chi connectivity index (χ2n) is 4.15. The maximum absolute atomic E-state index is 11.8. The molecule has 0 saturated heterocycles. The number of benzene rings is 1. The number of methoxy groups -OCH3 is 1. The minimum atomic E-state index is -0.588. The Morgan fingerprint density at radius 1 is 1.25 bits per heavy atom. The van der Waals surface area contributed by atoms with Crippen molar-refractivity contribution in [2.45, 2.75) is 6.92 Å². The highest BCUT2D eigenvalue weighted by molar-refractivity contribution is 6.19. The Kier molecular flexibility index (Phi) is 4.10. The quantitative estimate of drug-likeness (QED) is 0.480. The van der Waals surface area contributed by atoms with Gasteiger partial charge in [0.15, 0.2) is 5.78 Å². The lowest BCUT2D eigenvalue weighted by Crippen LogP contribution is -2.08. The molecule has 2 rings (SSSR count). The van der Waals surface area contributed by atoms with Crippen molar-refractivity contribution in [3.8, 4) is 5.75 Å². The van der Waals surface area contributed by atoms with Crippen LogP contribution in [0.5, 0.6) is 5.75 Å². The molecule has 0 radical (unpaired) electrons. The topological polar surface area (TPSA) is 65.0 Å². The van der Waals surface area contributed by atoms with Crippen molar-refractivity contribution in [1.82, 2.24) is 0 Å². The van der Waals surface area contributed by atoms with E-state index in [1.54, 1.807) is 31.2 Å².